The molecule has 1 fully saturated rings. The van der Waals surface area contributed by atoms with E-state index in [4.69, 9.17) is 5.73 Å². The van der Waals surface area contributed by atoms with Crippen LogP contribution in [0.1, 0.15) is 24.5 Å². The lowest BCUT2D eigenvalue weighted by Gasteiger charge is -2.31. The maximum Gasteiger partial charge on any atom is 0.222 e. The van der Waals surface area contributed by atoms with Crippen molar-refractivity contribution in [3.05, 3.63) is 11.8 Å². The average Bonchev–Trinajstić information content (AvgIpc) is 2.12. The quantitative estimate of drug-likeness (QED) is 0.734. The smallest absolute Gasteiger partial charge is 0.222 e. The maximum atomic E-state index is 9.24. The SMILES string of the molecule is CN(C)c1cc(C2CC(O)C2)nc(N)n1. The summed E-state index contributed by atoms with van der Waals surface area (Å²) in [6, 6.07) is 1.94. The number of nitrogens with two attached hydrogens (primary N) is 1. The van der Waals surface area contributed by atoms with Gasteiger partial charge >= 0.3 is 0 Å². The molecule has 5 nitrogen and oxygen atoms in total. The van der Waals surface area contributed by atoms with Gasteiger partial charge in [-0.15, -0.1) is 0 Å². The summed E-state index contributed by atoms with van der Waals surface area (Å²) in [5.74, 6) is 1.46. The molecule has 0 amide bonds. The number of aromatic nitrogens is 2. The van der Waals surface area contributed by atoms with Gasteiger partial charge in [0, 0.05) is 26.1 Å². The Morgan fingerprint density at radius 1 is 1.40 bits per heavy atom. The van der Waals surface area contributed by atoms with E-state index in [-0.39, 0.29) is 6.10 Å². The van der Waals surface area contributed by atoms with Crippen molar-refractivity contribution in [2.75, 3.05) is 24.7 Å². The molecule has 2 rings (SSSR count). The Kier molecular flexibility index (Phi) is 2.48. The van der Waals surface area contributed by atoms with Crippen LogP contribution in [0.4, 0.5) is 11.8 Å². The minimum Gasteiger partial charge on any atom is -0.393 e. The predicted octanol–water partition coefficient (Wildman–Crippen LogP) is 0.363. The summed E-state index contributed by atoms with van der Waals surface area (Å²) in [5.41, 5.74) is 6.58. The normalized spacial score (nSPS) is 24.7. The molecule has 1 aromatic rings. The number of aliphatic hydroxyl groups is 1. The van der Waals surface area contributed by atoms with Crippen molar-refractivity contribution < 1.29 is 5.11 Å². The minimum absolute atomic E-state index is 0.172. The summed E-state index contributed by atoms with van der Waals surface area (Å²) in [6.45, 7) is 0. The van der Waals surface area contributed by atoms with Gasteiger partial charge in [-0.3, -0.25) is 0 Å². The fraction of sp³-hybridized carbons (Fsp3) is 0.600. The Morgan fingerprint density at radius 3 is 2.60 bits per heavy atom. The molecule has 0 unspecified atom stereocenters. The van der Waals surface area contributed by atoms with Gasteiger partial charge in [-0.25, -0.2) is 4.98 Å². The summed E-state index contributed by atoms with van der Waals surface area (Å²) in [4.78, 5) is 10.2. The van der Waals surface area contributed by atoms with Crippen LogP contribution in [-0.4, -0.2) is 35.3 Å². The molecule has 0 atom stereocenters. The van der Waals surface area contributed by atoms with Crippen LogP contribution in [0.15, 0.2) is 6.07 Å². The third kappa shape index (κ3) is 2.02. The molecule has 0 aromatic carbocycles. The summed E-state index contributed by atoms with van der Waals surface area (Å²) >= 11 is 0. The molecule has 0 spiro atoms. The highest BCUT2D eigenvalue weighted by Crippen LogP contribution is 2.36. The Labute approximate surface area is 88.9 Å². The van der Waals surface area contributed by atoms with Crippen LogP contribution in [0, 0.1) is 0 Å². The molecule has 0 bridgehead atoms. The molecular formula is C10H16N4O. The first kappa shape index (κ1) is 10.2. The van der Waals surface area contributed by atoms with Gasteiger partial charge in [0.15, 0.2) is 0 Å². The number of rotatable bonds is 2. The van der Waals surface area contributed by atoms with E-state index in [1.54, 1.807) is 0 Å². The molecular weight excluding hydrogens is 192 g/mol. The highest BCUT2D eigenvalue weighted by Gasteiger charge is 2.30. The van der Waals surface area contributed by atoms with Crippen molar-refractivity contribution in [3.63, 3.8) is 0 Å². The van der Waals surface area contributed by atoms with Crippen LogP contribution in [-0.2, 0) is 0 Å². The van der Waals surface area contributed by atoms with Crippen molar-refractivity contribution >= 4 is 11.8 Å². The van der Waals surface area contributed by atoms with E-state index >= 15 is 0 Å². The van der Waals surface area contributed by atoms with Gasteiger partial charge in [-0.1, -0.05) is 0 Å². The molecule has 1 saturated carbocycles. The summed E-state index contributed by atoms with van der Waals surface area (Å²) in [6.07, 6.45) is 1.39. The van der Waals surface area contributed by atoms with E-state index in [0.29, 0.717) is 11.9 Å². The Hall–Kier alpha value is -1.36. The Bertz CT molecular complexity index is 360. The molecule has 1 heterocycles. The fourth-order valence-corrected chi connectivity index (χ4v) is 1.74. The number of nitrogens with zero attached hydrogens (tertiary/aromatic N) is 3. The van der Waals surface area contributed by atoms with Crippen molar-refractivity contribution in [2.24, 2.45) is 0 Å². The molecule has 0 radical (unpaired) electrons. The largest absolute Gasteiger partial charge is 0.393 e. The van der Waals surface area contributed by atoms with E-state index in [0.717, 1.165) is 24.4 Å². The first-order valence-corrected chi connectivity index (χ1v) is 5.06. The third-order valence-electron chi connectivity index (χ3n) is 2.74. The zero-order valence-electron chi connectivity index (χ0n) is 9.01. The first-order chi connectivity index (χ1) is 7.06. The molecule has 5 heteroatoms. The van der Waals surface area contributed by atoms with Crippen LogP contribution in [0.2, 0.25) is 0 Å². The van der Waals surface area contributed by atoms with Gasteiger partial charge in [0.2, 0.25) is 5.95 Å². The lowest BCUT2D eigenvalue weighted by atomic mass is 9.80. The van der Waals surface area contributed by atoms with Gasteiger partial charge in [0.1, 0.15) is 5.82 Å². The van der Waals surface area contributed by atoms with Crippen LogP contribution < -0.4 is 10.6 Å². The fourth-order valence-electron chi connectivity index (χ4n) is 1.74. The van der Waals surface area contributed by atoms with Crippen molar-refractivity contribution in [2.45, 2.75) is 24.9 Å². The number of aliphatic hydroxyl groups excluding tert-OH is 1. The third-order valence-corrected chi connectivity index (χ3v) is 2.74. The van der Waals surface area contributed by atoms with Crippen LogP contribution in [0.5, 0.6) is 0 Å². The van der Waals surface area contributed by atoms with E-state index < -0.39 is 0 Å². The molecule has 82 valence electrons. The van der Waals surface area contributed by atoms with Gasteiger partial charge in [-0.05, 0) is 12.8 Å². The number of hydrogen-bond acceptors (Lipinski definition) is 5. The standard InChI is InChI=1S/C10H16N4O/c1-14(2)9-5-8(12-10(11)13-9)6-3-7(15)4-6/h5-7,15H,3-4H2,1-2H3,(H2,11,12,13). The Balaban J connectivity index is 2.24. The molecule has 0 aliphatic heterocycles. The highest BCUT2D eigenvalue weighted by atomic mass is 16.3. The second-order valence-electron chi connectivity index (χ2n) is 4.23. The molecule has 15 heavy (non-hydrogen) atoms. The Morgan fingerprint density at radius 2 is 2.07 bits per heavy atom. The van der Waals surface area contributed by atoms with Crippen molar-refractivity contribution in [3.8, 4) is 0 Å². The van der Waals surface area contributed by atoms with Crippen LogP contribution in [0.25, 0.3) is 0 Å². The summed E-state index contributed by atoms with van der Waals surface area (Å²) < 4.78 is 0. The minimum atomic E-state index is -0.172. The maximum absolute atomic E-state index is 9.24. The lowest BCUT2D eigenvalue weighted by molar-refractivity contribution is 0.0732. The predicted molar refractivity (Wildman–Crippen MR) is 58.8 cm³/mol. The first-order valence-electron chi connectivity index (χ1n) is 5.06. The molecule has 1 aliphatic rings. The van der Waals surface area contributed by atoms with E-state index in [9.17, 15) is 5.11 Å². The number of hydrogen-bond donors (Lipinski definition) is 2. The number of anilines is 2. The van der Waals surface area contributed by atoms with Gasteiger partial charge in [-0.2, -0.15) is 4.98 Å². The zero-order valence-corrected chi connectivity index (χ0v) is 9.01. The summed E-state index contributed by atoms with van der Waals surface area (Å²) in [5, 5.41) is 9.24. The van der Waals surface area contributed by atoms with E-state index in [1.165, 1.54) is 0 Å². The number of nitrogen functional groups attached to an aromatic ring is 1. The average molecular weight is 208 g/mol. The van der Waals surface area contributed by atoms with Crippen LogP contribution in [0.3, 0.4) is 0 Å². The zero-order chi connectivity index (χ0) is 11.0. The van der Waals surface area contributed by atoms with E-state index in [2.05, 4.69) is 9.97 Å². The van der Waals surface area contributed by atoms with Gasteiger partial charge in [0.05, 0.1) is 11.8 Å². The molecule has 1 aliphatic carbocycles. The molecule has 3 N–H and O–H groups in total. The lowest BCUT2D eigenvalue weighted by Crippen LogP contribution is -2.27. The topological polar surface area (TPSA) is 75.3 Å². The molecule has 0 saturated heterocycles. The monoisotopic (exact) mass is 208 g/mol. The van der Waals surface area contributed by atoms with Crippen LogP contribution >= 0.6 is 0 Å². The molecule has 1 aromatic heterocycles. The second kappa shape index (κ2) is 3.66. The second-order valence-corrected chi connectivity index (χ2v) is 4.23. The van der Waals surface area contributed by atoms with Crippen molar-refractivity contribution in [1.29, 1.82) is 0 Å². The van der Waals surface area contributed by atoms with Gasteiger partial charge < -0.3 is 15.7 Å². The highest BCUT2D eigenvalue weighted by molar-refractivity contribution is 5.43. The van der Waals surface area contributed by atoms with E-state index in [1.807, 2.05) is 25.1 Å². The van der Waals surface area contributed by atoms with Crippen molar-refractivity contribution in [1.82, 2.24) is 9.97 Å². The summed E-state index contributed by atoms with van der Waals surface area (Å²) in [7, 11) is 3.84. The van der Waals surface area contributed by atoms with Gasteiger partial charge in [0.25, 0.3) is 0 Å².